The first-order chi connectivity index (χ1) is 7.24. The summed E-state index contributed by atoms with van der Waals surface area (Å²) in [5.74, 6) is 3.12. The van der Waals surface area contributed by atoms with Crippen molar-refractivity contribution in [2.75, 3.05) is 13.1 Å². The molecule has 5 nitrogen and oxygen atoms in total. The largest absolute Gasteiger partial charge is 0.348 e. The van der Waals surface area contributed by atoms with E-state index in [0.29, 0.717) is 13.1 Å². The van der Waals surface area contributed by atoms with Gasteiger partial charge in [0, 0.05) is 19.4 Å². The average molecular weight is 206 g/mol. The number of hydrogen-bond acceptors (Lipinski definition) is 3. The summed E-state index contributed by atoms with van der Waals surface area (Å²) in [5, 5.41) is 5.54. The van der Waals surface area contributed by atoms with Crippen LogP contribution in [0.4, 0.5) is 0 Å². The molecule has 1 heterocycles. The van der Waals surface area contributed by atoms with Crippen LogP contribution < -0.4 is 10.6 Å². The molecule has 0 aliphatic heterocycles. The van der Waals surface area contributed by atoms with Gasteiger partial charge in [-0.25, -0.2) is 4.98 Å². The lowest BCUT2D eigenvalue weighted by Crippen LogP contribution is -2.34. The second kappa shape index (κ2) is 5.83. The summed E-state index contributed by atoms with van der Waals surface area (Å²) in [6, 6.07) is 0. The van der Waals surface area contributed by atoms with Gasteiger partial charge >= 0.3 is 0 Å². The fourth-order valence-electron chi connectivity index (χ4n) is 1.06. The Morgan fingerprint density at radius 1 is 1.73 bits per heavy atom. The molecule has 0 radical (unpaired) electrons. The van der Waals surface area contributed by atoms with Crippen molar-refractivity contribution >= 4 is 5.91 Å². The van der Waals surface area contributed by atoms with Gasteiger partial charge in [0.05, 0.1) is 19.6 Å². The van der Waals surface area contributed by atoms with Gasteiger partial charge < -0.3 is 9.88 Å². The zero-order valence-corrected chi connectivity index (χ0v) is 8.66. The maximum Gasteiger partial charge on any atom is 0.234 e. The Labute approximate surface area is 88.9 Å². The van der Waals surface area contributed by atoms with Gasteiger partial charge in [0.25, 0.3) is 0 Å². The van der Waals surface area contributed by atoms with Crippen molar-refractivity contribution in [2.24, 2.45) is 7.05 Å². The van der Waals surface area contributed by atoms with E-state index in [1.54, 1.807) is 6.20 Å². The zero-order chi connectivity index (χ0) is 11.1. The lowest BCUT2D eigenvalue weighted by molar-refractivity contribution is -0.120. The van der Waals surface area contributed by atoms with Crippen LogP contribution in [0.5, 0.6) is 0 Å². The third kappa shape index (κ3) is 3.83. The molecule has 80 valence electrons. The predicted octanol–water partition coefficient (Wildman–Crippen LogP) is -0.741. The molecule has 0 aliphatic rings. The molecular weight excluding hydrogens is 192 g/mol. The molecule has 0 aliphatic carbocycles. The van der Waals surface area contributed by atoms with Crippen LogP contribution in [0.2, 0.25) is 0 Å². The summed E-state index contributed by atoms with van der Waals surface area (Å²) in [5.41, 5.74) is 0. The summed E-state index contributed by atoms with van der Waals surface area (Å²) in [6.07, 6.45) is 8.55. The number of carbonyl (C=O) groups excluding carboxylic acids is 1. The van der Waals surface area contributed by atoms with Crippen molar-refractivity contribution in [3.05, 3.63) is 18.2 Å². The Balaban J connectivity index is 2.23. The highest BCUT2D eigenvalue weighted by atomic mass is 16.1. The Hall–Kier alpha value is -1.80. The lowest BCUT2D eigenvalue weighted by atomic mass is 10.5. The second-order valence-electron chi connectivity index (χ2n) is 3.04. The molecule has 15 heavy (non-hydrogen) atoms. The number of aryl methyl sites for hydroxylation is 1. The fourth-order valence-corrected chi connectivity index (χ4v) is 1.06. The second-order valence-corrected chi connectivity index (χ2v) is 3.04. The number of hydrogen-bond donors (Lipinski definition) is 2. The molecule has 1 aromatic heterocycles. The van der Waals surface area contributed by atoms with Crippen molar-refractivity contribution < 1.29 is 4.79 Å². The minimum Gasteiger partial charge on any atom is -0.348 e. The van der Waals surface area contributed by atoms with Crippen LogP contribution in [0.1, 0.15) is 5.82 Å². The highest BCUT2D eigenvalue weighted by Gasteiger charge is 2.02. The Bertz CT molecular complexity index is 364. The van der Waals surface area contributed by atoms with Gasteiger partial charge in [-0.3, -0.25) is 10.1 Å². The van der Waals surface area contributed by atoms with Crippen LogP contribution in [-0.4, -0.2) is 28.5 Å². The van der Waals surface area contributed by atoms with Crippen molar-refractivity contribution in [1.82, 2.24) is 20.2 Å². The first-order valence-corrected chi connectivity index (χ1v) is 4.61. The van der Waals surface area contributed by atoms with Gasteiger partial charge in [0.2, 0.25) is 5.91 Å². The van der Waals surface area contributed by atoms with E-state index in [1.165, 1.54) is 0 Å². The van der Waals surface area contributed by atoms with E-state index in [0.717, 1.165) is 5.82 Å². The molecule has 1 rings (SSSR count). The Kier molecular flexibility index (Phi) is 4.38. The van der Waals surface area contributed by atoms with Gasteiger partial charge in [-0.05, 0) is 0 Å². The van der Waals surface area contributed by atoms with E-state index >= 15 is 0 Å². The molecule has 0 aromatic carbocycles. The topological polar surface area (TPSA) is 59.0 Å². The van der Waals surface area contributed by atoms with E-state index in [1.807, 2.05) is 17.8 Å². The molecule has 1 aromatic rings. The molecule has 5 heteroatoms. The molecule has 0 fully saturated rings. The van der Waals surface area contributed by atoms with Crippen LogP contribution in [0.15, 0.2) is 12.4 Å². The van der Waals surface area contributed by atoms with Crippen LogP contribution in [0.25, 0.3) is 0 Å². The van der Waals surface area contributed by atoms with Crippen molar-refractivity contribution in [1.29, 1.82) is 0 Å². The van der Waals surface area contributed by atoms with Crippen molar-refractivity contribution in [3.8, 4) is 12.3 Å². The molecule has 0 spiro atoms. The number of rotatable bonds is 5. The zero-order valence-electron chi connectivity index (χ0n) is 8.66. The standard InChI is InChI=1S/C10H14N4O/c1-3-4-11-8-10(15)13-7-9-12-5-6-14(9)2/h1,5-6,11H,4,7-8H2,2H3,(H,13,15). The highest BCUT2D eigenvalue weighted by Crippen LogP contribution is 1.92. The number of nitrogens with one attached hydrogen (secondary N) is 2. The van der Waals surface area contributed by atoms with E-state index in [2.05, 4.69) is 21.5 Å². The monoisotopic (exact) mass is 206 g/mol. The van der Waals surface area contributed by atoms with Crippen LogP contribution in [-0.2, 0) is 18.4 Å². The first kappa shape index (κ1) is 11.3. The summed E-state index contributed by atoms with van der Waals surface area (Å²) < 4.78 is 1.86. The van der Waals surface area contributed by atoms with Crippen LogP contribution in [0, 0.1) is 12.3 Å². The molecule has 2 N–H and O–H groups in total. The highest BCUT2D eigenvalue weighted by molar-refractivity contribution is 5.77. The fraction of sp³-hybridized carbons (Fsp3) is 0.400. The summed E-state index contributed by atoms with van der Waals surface area (Å²) in [7, 11) is 1.88. The number of carbonyl (C=O) groups is 1. The molecule has 1 amide bonds. The third-order valence-corrected chi connectivity index (χ3v) is 1.88. The Morgan fingerprint density at radius 3 is 3.13 bits per heavy atom. The predicted molar refractivity (Wildman–Crippen MR) is 56.8 cm³/mol. The molecule has 0 saturated carbocycles. The normalized spacial score (nSPS) is 9.60. The van der Waals surface area contributed by atoms with Crippen molar-refractivity contribution in [2.45, 2.75) is 6.54 Å². The van der Waals surface area contributed by atoms with E-state index < -0.39 is 0 Å². The van der Waals surface area contributed by atoms with Crippen molar-refractivity contribution in [3.63, 3.8) is 0 Å². The molecule has 0 unspecified atom stereocenters. The minimum absolute atomic E-state index is 0.0896. The summed E-state index contributed by atoms with van der Waals surface area (Å²) >= 11 is 0. The maximum atomic E-state index is 11.2. The number of amides is 1. The van der Waals surface area contributed by atoms with Gasteiger partial charge in [0.15, 0.2) is 0 Å². The molecule has 0 bridgehead atoms. The van der Waals surface area contributed by atoms with Gasteiger partial charge in [-0.1, -0.05) is 5.92 Å². The number of aromatic nitrogens is 2. The van der Waals surface area contributed by atoms with Gasteiger partial charge in [-0.2, -0.15) is 0 Å². The van der Waals surface area contributed by atoms with Crippen LogP contribution in [0.3, 0.4) is 0 Å². The van der Waals surface area contributed by atoms with Gasteiger partial charge in [-0.15, -0.1) is 6.42 Å². The maximum absolute atomic E-state index is 11.2. The minimum atomic E-state index is -0.0896. The smallest absolute Gasteiger partial charge is 0.234 e. The number of nitrogens with zero attached hydrogens (tertiary/aromatic N) is 2. The third-order valence-electron chi connectivity index (χ3n) is 1.88. The average Bonchev–Trinajstić information content (AvgIpc) is 2.61. The first-order valence-electron chi connectivity index (χ1n) is 4.61. The lowest BCUT2D eigenvalue weighted by Gasteiger charge is -2.05. The van der Waals surface area contributed by atoms with Crippen LogP contribution >= 0.6 is 0 Å². The Morgan fingerprint density at radius 2 is 2.53 bits per heavy atom. The molecule has 0 saturated heterocycles. The van der Waals surface area contributed by atoms with Gasteiger partial charge in [0.1, 0.15) is 5.82 Å². The van der Waals surface area contributed by atoms with E-state index in [4.69, 9.17) is 6.42 Å². The summed E-state index contributed by atoms with van der Waals surface area (Å²) in [6.45, 7) is 1.06. The quantitative estimate of drug-likeness (QED) is 0.493. The molecular formula is C10H14N4O. The molecule has 0 atom stereocenters. The SMILES string of the molecule is C#CCNCC(=O)NCc1nccn1C. The number of imidazole rings is 1. The number of terminal acetylenes is 1. The summed E-state index contributed by atoms with van der Waals surface area (Å²) in [4.78, 5) is 15.3. The van der Waals surface area contributed by atoms with E-state index in [-0.39, 0.29) is 12.5 Å². The van der Waals surface area contributed by atoms with E-state index in [9.17, 15) is 4.79 Å².